The Bertz CT molecular complexity index is 261. The highest BCUT2D eigenvalue weighted by Gasteiger charge is 2.22. The van der Waals surface area contributed by atoms with Crippen molar-refractivity contribution < 1.29 is 9.90 Å². The van der Waals surface area contributed by atoms with Gasteiger partial charge in [0.1, 0.15) is 0 Å². The van der Waals surface area contributed by atoms with E-state index < -0.39 is 5.97 Å². The van der Waals surface area contributed by atoms with Crippen LogP contribution in [0.15, 0.2) is 11.6 Å². The molecule has 1 unspecified atom stereocenters. The van der Waals surface area contributed by atoms with Gasteiger partial charge in [0.25, 0.3) is 0 Å². The predicted octanol–water partition coefficient (Wildman–Crippen LogP) is 0.653. The average molecular weight is 212 g/mol. The fourth-order valence-corrected chi connectivity index (χ4v) is 1.75. The highest BCUT2D eigenvalue weighted by Crippen LogP contribution is 2.12. The van der Waals surface area contributed by atoms with E-state index in [-0.39, 0.29) is 0 Å². The van der Waals surface area contributed by atoms with E-state index in [1.807, 2.05) is 0 Å². The van der Waals surface area contributed by atoms with Crippen LogP contribution in [0.4, 0.5) is 0 Å². The van der Waals surface area contributed by atoms with Gasteiger partial charge in [-0.25, -0.2) is 4.79 Å². The number of carboxylic acid groups (broad SMARTS) is 1. The zero-order valence-corrected chi connectivity index (χ0v) is 9.73. The molecule has 1 aliphatic heterocycles. The summed E-state index contributed by atoms with van der Waals surface area (Å²) in [5, 5.41) is 8.70. The van der Waals surface area contributed by atoms with Gasteiger partial charge in [-0.2, -0.15) is 0 Å². The fraction of sp³-hybridized carbons (Fsp3) is 0.727. The lowest BCUT2D eigenvalue weighted by molar-refractivity contribution is -0.132. The van der Waals surface area contributed by atoms with Crippen LogP contribution in [0.3, 0.4) is 0 Å². The maximum atomic E-state index is 10.6. The number of rotatable bonds is 4. The van der Waals surface area contributed by atoms with Gasteiger partial charge in [-0.1, -0.05) is 6.08 Å². The van der Waals surface area contributed by atoms with Crippen LogP contribution in [-0.2, 0) is 4.79 Å². The Kier molecular flexibility index (Phi) is 4.29. The molecule has 1 rings (SSSR count). The summed E-state index contributed by atoms with van der Waals surface area (Å²) in [5.74, 6) is -0.821. The highest BCUT2D eigenvalue weighted by atomic mass is 16.4. The molecule has 4 heteroatoms. The number of carbonyl (C=O) groups is 1. The molecule has 0 radical (unpaired) electrons. The topological polar surface area (TPSA) is 43.8 Å². The van der Waals surface area contributed by atoms with Crippen molar-refractivity contribution >= 4 is 5.97 Å². The summed E-state index contributed by atoms with van der Waals surface area (Å²) in [6, 6.07) is 0.614. The van der Waals surface area contributed by atoms with Crippen LogP contribution in [0.25, 0.3) is 0 Å². The lowest BCUT2D eigenvalue weighted by Crippen LogP contribution is -2.31. The minimum atomic E-state index is -0.821. The normalized spacial score (nSPS) is 23.7. The number of likely N-dealkylation sites (N-methyl/N-ethyl adjacent to an activating group) is 1. The van der Waals surface area contributed by atoms with Crippen LogP contribution in [0.1, 0.15) is 13.3 Å². The van der Waals surface area contributed by atoms with Crippen molar-refractivity contribution in [1.82, 2.24) is 9.80 Å². The molecule has 0 aliphatic carbocycles. The molecule has 1 aliphatic rings. The standard InChI is InChI=1S/C11H20N2O2/c1-9(11(14)15)4-6-13-7-5-10(8-13)12(2)3/h4,10H,5-8H2,1-3H3,(H,14,15). The summed E-state index contributed by atoms with van der Waals surface area (Å²) in [7, 11) is 4.18. The Balaban J connectivity index is 2.37. The molecule has 1 fully saturated rings. The molecule has 1 heterocycles. The van der Waals surface area contributed by atoms with E-state index in [9.17, 15) is 4.79 Å². The molecule has 1 saturated heterocycles. The molecular formula is C11H20N2O2. The summed E-state index contributed by atoms with van der Waals surface area (Å²) in [6.07, 6.45) is 2.97. The third-order valence-corrected chi connectivity index (χ3v) is 2.97. The lowest BCUT2D eigenvalue weighted by Gasteiger charge is -2.19. The number of likely N-dealkylation sites (tertiary alicyclic amines) is 1. The first-order chi connectivity index (χ1) is 7.00. The first kappa shape index (κ1) is 12.2. The molecule has 86 valence electrons. The number of carboxylic acids is 1. The van der Waals surface area contributed by atoms with Crippen LogP contribution in [0.2, 0.25) is 0 Å². The molecule has 1 atom stereocenters. The van der Waals surface area contributed by atoms with Crippen LogP contribution in [0, 0.1) is 0 Å². The maximum Gasteiger partial charge on any atom is 0.330 e. The highest BCUT2D eigenvalue weighted by molar-refractivity contribution is 5.85. The van der Waals surface area contributed by atoms with Crippen molar-refractivity contribution in [2.24, 2.45) is 0 Å². The van der Waals surface area contributed by atoms with E-state index in [1.165, 1.54) is 6.42 Å². The predicted molar refractivity (Wildman–Crippen MR) is 59.9 cm³/mol. The second-order valence-corrected chi connectivity index (χ2v) is 4.36. The Labute approximate surface area is 91.2 Å². The Morgan fingerprint density at radius 1 is 1.60 bits per heavy atom. The Hall–Kier alpha value is -0.870. The van der Waals surface area contributed by atoms with Crippen molar-refractivity contribution in [2.75, 3.05) is 33.7 Å². The van der Waals surface area contributed by atoms with Gasteiger partial charge in [-0.05, 0) is 27.4 Å². The first-order valence-electron chi connectivity index (χ1n) is 5.29. The number of hydrogen-bond acceptors (Lipinski definition) is 3. The minimum absolute atomic E-state index is 0.434. The number of nitrogens with zero attached hydrogens (tertiary/aromatic N) is 2. The molecule has 0 saturated carbocycles. The molecule has 0 bridgehead atoms. The minimum Gasteiger partial charge on any atom is -0.478 e. The average Bonchev–Trinajstić information content (AvgIpc) is 2.62. The van der Waals surface area contributed by atoms with Crippen molar-refractivity contribution in [2.45, 2.75) is 19.4 Å². The van der Waals surface area contributed by atoms with Gasteiger partial charge in [0.05, 0.1) is 0 Å². The quantitative estimate of drug-likeness (QED) is 0.695. The Morgan fingerprint density at radius 3 is 2.73 bits per heavy atom. The van der Waals surface area contributed by atoms with Gasteiger partial charge < -0.3 is 10.0 Å². The third-order valence-electron chi connectivity index (χ3n) is 2.97. The van der Waals surface area contributed by atoms with Gasteiger partial charge in [-0.3, -0.25) is 4.90 Å². The van der Waals surface area contributed by atoms with Crippen LogP contribution in [-0.4, -0.2) is 60.6 Å². The smallest absolute Gasteiger partial charge is 0.330 e. The zero-order valence-electron chi connectivity index (χ0n) is 9.73. The van der Waals surface area contributed by atoms with E-state index in [0.717, 1.165) is 19.6 Å². The summed E-state index contributed by atoms with van der Waals surface area (Å²) >= 11 is 0. The zero-order chi connectivity index (χ0) is 11.4. The van der Waals surface area contributed by atoms with E-state index in [0.29, 0.717) is 11.6 Å². The van der Waals surface area contributed by atoms with Crippen molar-refractivity contribution in [1.29, 1.82) is 0 Å². The molecular weight excluding hydrogens is 192 g/mol. The Morgan fingerprint density at radius 2 is 2.27 bits per heavy atom. The van der Waals surface area contributed by atoms with E-state index in [2.05, 4.69) is 23.9 Å². The molecule has 4 nitrogen and oxygen atoms in total. The van der Waals surface area contributed by atoms with E-state index >= 15 is 0 Å². The fourth-order valence-electron chi connectivity index (χ4n) is 1.75. The van der Waals surface area contributed by atoms with Gasteiger partial charge in [0.15, 0.2) is 0 Å². The number of aliphatic carboxylic acids is 1. The van der Waals surface area contributed by atoms with Gasteiger partial charge in [-0.15, -0.1) is 0 Å². The summed E-state index contributed by atoms with van der Waals surface area (Å²) in [4.78, 5) is 15.1. The molecule has 15 heavy (non-hydrogen) atoms. The molecule has 0 spiro atoms. The molecule has 0 amide bonds. The summed E-state index contributed by atoms with van der Waals surface area (Å²) < 4.78 is 0. The van der Waals surface area contributed by atoms with E-state index in [1.54, 1.807) is 13.0 Å². The van der Waals surface area contributed by atoms with Crippen molar-refractivity contribution in [3.05, 3.63) is 11.6 Å². The summed E-state index contributed by atoms with van der Waals surface area (Å²) in [6.45, 7) is 4.49. The van der Waals surface area contributed by atoms with Crippen LogP contribution >= 0.6 is 0 Å². The molecule has 1 N–H and O–H groups in total. The van der Waals surface area contributed by atoms with Gasteiger partial charge in [0, 0.05) is 31.2 Å². The first-order valence-corrected chi connectivity index (χ1v) is 5.29. The van der Waals surface area contributed by atoms with E-state index in [4.69, 9.17) is 5.11 Å². The molecule has 0 aromatic carbocycles. The third kappa shape index (κ3) is 3.64. The van der Waals surface area contributed by atoms with Gasteiger partial charge in [0.2, 0.25) is 0 Å². The van der Waals surface area contributed by atoms with Crippen LogP contribution < -0.4 is 0 Å². The van der Waals surface area contributed by atoms with Crippen molar-refractivity contribution in [3.8, 4) is 0 Å². The SMILES string of the molecule is CC(=CCN1CCC(N(C)C)C1)C(=O)O. The second kappa shape index (κ2) is 5.28. The molecule has 0 aromatic heterocycles. The summed E-state index contributed by atoms with van der Waals surface area (Å²) in [5.41, 5.74) is 0.434. The number of hydrogen-bond donors (Lipinski definition) is 1. The van der Waals surface area contributed by atoms with Gasteiger partial charge >= 0.3 is 5.97 Å². The van der Waals surface area contributed by atoms with Crippen molar-refractivity contribution in [3.63, 3.8) is 0 Å². The molecule has 0 aromatic rings. The maximum absolute atomic E-state index is 10.6. The monoisotopic (exact) mass is 212 g/mol. The lowest BCUT2D eigenvalue weighted by atomic mass is 10.2. The largest absolute Gasteiger partial charge is 0.478 e. The van der Waals surface area contributed by atoms with Crippen LogP contribution in [0.5, 0.6) is 0 Å². The second-order valence-electron chi connectivity index (χ2n) is 4.36.